The molecule has 36 heavy (non-hydrogen) atoms. The molecule has 0 aromatic carbocycles. The normalized spacial score (nSPS) is 31.9. The van der Waals surface area contributed by atoms with Gasteiger partial charge >= 0.3 is 5.97 Å². The summed E-state index contributed by atoms with van der Waals surface area (Å²) in [4.78, 5) is 12.6. The highest BCUT2D eigenvalue weighted by atomic mass is 16.7. The predicted molar refractivity (Wildman–Crippen MR) is 137 cm³/mol. The van der Waals surface area contributed by atoms with E-state index in [1.165, 1.54) is 7.11 Å². The summed E-state index contributed by atoms with van der Waals surface area (Å²) in [6.07, 6.45) is -1.52. The fraction of sp³-hybridized carbons (Fsp3) is 0.964. The Labute approximate surface area is 218 Å². The number of hydrogen-bond acceptors (Lipinski definition) is 8. The van der Waals surface area contributed by atoms with E-state index in [0.29, 0.717) is 11.5 Å². The van der Waals surface area contributed by atoms with Crippen molar-refractivity contribution in [2.45, 2.75) is 137 Å². The summed E-state index contributed by atoms with van der Waals surface area (Å²) < 4.78 is 21.9. The van der Waals surface area contributed by atoms with E-state index in [4.69, 9.17) is 18.9 Å². The minimum absolute atomic E-state index is 0.00796. The molecular formula is C28H52O8. The molecule has 2 aliphatic heterocycles. The first-order valence-electron chi connectivity index (χ1n) is 13.3. The second kappa shape index (κ2) is 11.5. The molecule has 0 aromatic rings. The number of carbonyl (C=O) groups is 1. The largest absolute Gasteiger partial charge is 0.463 e. The smallest absolute Gasteiger partial charge is 0.306 e. The van der Waals surface area contributed by atoms with E-state index >= 15 is 0 Å². The third-order valence-corrected chi connectivity index (χ3v) is 7.09. The van der Waals surface area contributed by atoms with Gasteiger partial charge in [-0.05, 0) is 47.3 Å². The summed E-state index contributed by atoms with van der Waals surface area (Å²) in [6, 6.07) is 0. The van der Waals surface area contributed by atoms with E-state index in [1.807, 2.05) is 0 Å². The molecule has 0 radical (unpaired) electrons. The van der Waals surface area contributed by atoms with Gasteiger partial charge in [-0.25, -0.2) is 0 Å². The van der Waals surface area contributed by atoms with Crippen molar-refractivity contribution in [3.63, 3.8) is 0 Å². The van der Waals surface area contributed by atoms with Crippen LogP contribution in [0.3, 0.4) is 0 Å². The lowest BCUT2D eigenvalue weighted by atomic mass is 9.70. The van der Waals surface area contributed by atoms with E-state index < -0.39 is 36.7 Å². The first kappa shape index (κ1) is 31.4. The van der Waals surface area contributed by atoms with Gasteiger partial charge in [-0.1, -0.05) is 62.3 Å². The van der Waals surface area contributed by atoms with Crippen LogP contribution in [0.4, 0.5) is 0 Å². The van der Waals surface area contributed by atoms with Crippen LogP contribution in [-0.2, 0) is 23.7 Å². The molecule has 0 saturated carbocycles. The van der Waals surface area contributed by atoms with E-state index in [9.17, 15) is 20.1 Å². The quantitative estimate of drug-likeness (QED) is 0.265. The Kier molecular flexibility index (Phi) is 10.1. The highest BCUT2D eigenvalue weighted by Crippen LogP contribution is 2.47. The average Bonchev–Trinajstić information content (AvgIpc) is 3.37. The number of ether oxygens (including phenoxy) is 4. The van der Waals surface area contributed by atoms with Gasteiger partial charge in [0.1, 0.15) is 31.0 Å². The molecule has 0 aromatic heterocycles. The van der Waals surface area contributed by atoms with E-state index in [0.717, 1.165) is 25.7 Å². The Balaban J connectivity index is 1.80. The van der Waals surface area contributed by atoms with Crippen LogP contribution in [0.25, 0.3) is 0 Å². The van der Waals surface area contributed by atoms with Gasteiger partial charge in [0.05, 0.1) is 18.6 Å². The average molecular weight is 517 g/mol. The van der Waals surface area contributed by atoms with Crippen molar-refractivity contribution in [3.05, 3.63) is 0 Å². The fourth-order valence-electron chi connectivity index (χ4n) is 6.43. The number of aliphatic hydroxyl groups excluding tert-OH is 3. The zero-order valence-corrected chi connectivity index (χ0v) is 24.2. The van der Waals surface area contributed by atoms with Gasteiger partial charge in [-0.3, -0.25) is 4.79 Å². The highest BCUT2D eigenvalue weighted by Gasteiger charge is 2.47. The summed E-state index contributed by atoms with van der Waals surface area (Å²) in [7, 11) is 1.33. The maximum Gasteiger partial charge on any atom is 0.306 e. The number of hydrogen-bond donors (Lipinski definition) is 3. The van der Waals surface area contributed by atoms with E-state index in [1.54, 1.807) is 0 Å². The molecule has 8 nitrogen and oxygen atoms in total. The summed E-state index contributed by atoms with van der Waals surface area (Å²) in [5.41, 5.74) is 0.219. The fourth-order valence-corrected chi connectivity index (χ4v) is 6.43. The van der Waals surface area contributed by atoms with Gasteiger partial charge in [-0.2, -0.15) is 0 Å². The second-order valence-electron chi connectivity index (χ2n) is 14.6. The van der Waals surface area contributed by atoms with Crippen LogP contribution in [0, 0.1) is 21.7 Å². The van der Waals surface area contributed by atoms with Crippen molar-refractivity contribution in [1.82, 2.24) is 0 Å². The van der Waals surface area contributed by atoms with Crippen LogP contribution >= 0.6 is 0 Å². The van der Waals surface area contributed by atoms with E-state index in [-0.39, 0.29) is 35.4 Å². The number of epoxide rings is 1. The predicted octanol–water partition coefficient (Wildman–Crippen LogP) is 3.83. The summed E-state index contributed by atoms with van der Waals surface area (Å²) in [5.74, 6) is -0.398. The lowest BCUT2D eigenvalue weighted by Crippen LogP contribution is -2.59. The molecular weight excluding hydrogens is 464 g/mol. The van der Waals surface area contributed by atoms with Crippen molar-refractivity contribution in [1.29, 1.82) is 0 Å². The molecule has 8 heteroatoms. The Hall–Kier alpha value is -0.770. The molecule has 2 saturated heterocycles. The maximum absolute atomic E-state index is 12.6. The Bertz CT molecular complexity index is 724. The lowest BCUT2D eigenvalue weighted by molar-refractivity contribution is -0.295. The first-order valence-corrected chi connectivity index (χ1v) is 13.3. The monoisotopic (exact) mass is 516 g/mol. The van der Waals surface area contributed by atoms with Crippen LogP contribution in [-0.4, -0.2) is 77.9 Å². The van der Waals surface area contributed by atoms with Gasteiger partial charge in [0.25, 0.3) is 0 Å². The zero-order valence-electron chi connectivity index (χ0n) is 24.2. The van der Waals surface area contributed by atoms with Gasteiger partial charge < -0.3 is 34.3 Å². The molecule has 0 spiro atoms. The molecule has 7 unspecified atom stereocenters. The molecule has 2 fully saturated rings. The molecule has 2 rings (SSSR count). The van der Waals surface area contributed by atoms with Gasteiger partial charge in [0.15, 0.2) is 6.29 Å². The summed E-state index contributed by atoms with van der Waals surface area (Å²) in [6.45, 7) is 19.8. The minimum atomic E-state index is -1.45. The first-order chi connectivity index (χ1) is 16.2. The molecule has 7 atom stereocenters. The van der Waals surface area contributed by atoms with Crippen molar-refractivity contribution >= 4 is 5.97 Å². The lowest BCUT2D eigenvalue weighted by Gasteiger charge is -2.39. The topological polar surface area (TPSA) is 118 Å². The molecule has 212 valence electrons. The van der Waals surface area contributed by atoms with Crippen LogP contribution in [0.2, 0.25) is 0 Å². The Morgan fingerprint density at radius 1 is 0.722 bits per heavy atom. The Morgan fingerprint density at radius 2 is 1.25 bits per heavy atom. The van der Waals surface area contributed by atoms with Gasteiger partial charge in [-0.15, -0.1) is 0 Å². The zero-order chi connectivity index (χ0) is 27.7. The summed E-state index contributed by atoms with van der Waals surface area (Å²) in [5, 5.41) is 30.0. The molecule has 2 aliphatic rings. The highest BCUT2D eigenvalue weighted by molar-refractivity contribution is 5.70. The maximum atomic E-state index is 12.6. The van der Waals surface area contributed by atoms with Gasteiger partial charge in [0.2, 0.25) is 0 Å². The van der Waals surface area contributed by atoms with Crippen LogP contribution in [0.5, 0.6) is 0 Å². The molecule has 3 N–H and O–H groups in total. The molecule has 0 aliphatic carbocycles. The van der Waals surface area contributed by atoms with Crippen molar-refractivity contribution in [2.75, 3.05) is 13.7 Å². The third kappa shape index (κ3) is 9.84. The number of esters is 1. The van der Waals surface area contributed by atoms with Gasteiger partial charge in [0, 0.05) is 7.11 Å². The standard InChI is InChI=1S/C28H52O8/c1-25(2,3)15-26(4,5)11-17-18(35-17)12-27(6,7)16-28(8,9)13-20(29)34-14-19-21(30)22(31)23(32)24(33-10)36-19/h17-19,21-24,30-32H,11-16H2,1-10H3. The van der Waals surface area contributed by atoms with Crippen LogP contribution in [0.1, 0.15) is 94.4 Å². The Morgan fingerprint density at radius 3 is 1.75 bits per heavy atom. The van der Waals surface area contributed by atoms with Crippen LogP contribution < -0.4 is 0 Å². The molecule has 2 heterocycles. The van der Waals surface area contributed by atoms with Crippen molar-refractivity contribution in [3.8, 4) is 0 Å². The number of carbonyl (C=O) groups excluding carboxylic acids is 1. The van der Waals surface area contributed by atoms with Crippen LogP contribution in [0.15, 0.2) is 0 Å². The van der Waals surface area contributed by atoms with Crippen molar-refractivity contribution < 1.29 is 39.1 Å². The van der Waals surface area contributed by atoms with Crippen molar-refractivity contribution in [2.24, 2.45) is 21.7 Å². The van der Waals surface area contributed by atoms with E-state index in [2.05, 4.69) is 62.3 Å². The minimum Gasteiger partial charge on any atom is -0.463 e. The summed E-state index contributed by atoms with van der Waals surface area (Å²) >= 11 is 0. The molecule has 0 bridgehead atoms. The number of aliphatic hydroxyl groups is 3. The third-order valence-electron chi connectivity index (χ3n) is 7.09. The second-order valence-corrected chi connectivity index (χ2v) is 14.6. The number of rotatable bonds is 12. The SMILES string of the molecule is COC1OC(COC(=O)CC(C)(C)CC(C)(C)CC2OC2CC(C)(C)CC(C)(C)C)C(O)C(O)C1O. The number of methoxy groups -OCH3 is 1. The molecule has 0 amide bonds.